The maximum Gasteiger partial charge on any atom is 0.274 e. The van der Waals surface area contributed by atoms with Crippen molar-refractivity contribution in [3.05, 3.63) is 46.3 Å². The summed E-state index contributed by atoms with van der Waals surface area (Å²) in [6, 6.07) is 6.48. The van der Waals surface area contributed by atoms with E-state index in [2.05, 4.69) is 41.8 Å². The smallest absolute Gasteiger partial charge is 0.274 e. The third-order valence-electron chi connectivity index (χ3n) is 8.75. The molecule has 1 aromatic carbocycles. The minimum Gasteiger partial charge on any atom is -0.376 e. The molecule has 0 spiro atoms. The van der Waals surface area contributed by atoms with Gasteiger partial charge in [-0.25, -0.2) is 0 Å². The Morgan fingerprint density at radius 3 is 2.58 bits per heavy atom. The summed E-state index contributed by atoms with van der Waals surface area (Å²) in [5.41, 5.74) is 6.88. The monoisotopic (exact) mass is 493 g/mol. The van der Waals surface area contributed by atoms with E-state index in [0.717, 1.165) is 44.6 Å². The molecular formula is C28H39N5O3. The van der Waals surface area contributed by atoms with Crippen molar-refractivity contribution in [3.8, 4) is 0 Å². The Morgan fingerprint density at radius 2 is 1.86 bits per heavy atom. The molecule has 5 atom stereocenters. The number of benzene rings is 1. The van der Waals surface area contributed by atoms with Crippen molar-refractivity contribution in [3.63, 3.8) is 0 Å². The van der Waals surface area contributed by atoms with Crippen LogP contribution in [0.1, 0.15) is 59.1 Å². The number of carbonyl (C=O) groups is 1. The Bertz CT molecular complexity index is 1140. The lowest BCUT2D eigenvalue weighted by Gasteiger charge is -2.39. The van der Waals surface area contributed by atoms with E-state index in [1.165, 1.54) is 22.5 Å². The van der Waals surface area contributed by atoms with Crippen LogP contribution >= 0.6 is 0 Å². The summed E-state index contributed by atoms with van der Waals surface area (Å²) in [6.07, 6.45) is 1.59. The first-order valence-corrected chi connectivity index (χ1v) is 13.6. The van der Waals surface area contributed by atoms with Crippen molar-refractivity contribution in [1.29, 1.82) is 0 Å². The van der Waals surface area contributed by atoms with Crippen molar-refractivity contribution >= 4 is 11.6 Å². The normalized spacial score (nSPS) is 28.7. The highest BCUT2D eigenvalue weighted by atomic mass is 16.5. The predicted molar refractivity (Wildman–Crippen MR) is 138 cm³/mol. The summed E-state index contributed by atoms with van der Waals surface area (Å²) in [4.78, 5) is 20.0. The molecule has 2 aliphatic heterocycles. The van der Waals surface area contributed by atoms with E-state index in [-0.39, 0.29) is 18.1 Å². The molecule has 2 saturated heterocycles. The second kappa shape index (κ2) is 9.15. The summed E-state index contributed by atoms with van der Waals surface area (Å²) in [5.74, 6) is 1.15. The van der Waals surface area contributed by atoms with Crippen molar-refractivity contribution in [1.82, 2.24) is 19.6 Å². The van der Waals surface area contributed by atoms with Crippen molar-refractivity contribution in [2.24, 2.45) is 5.92 Å². The van der Waals surface area contributed by atoms with E-state index in [9.17, 15) is 9.90 Å². The van der Waals surface area contributed by atoms with Crippen molar-refractivity contribution in [2.45, 2.75) is 71.4 Å². The second-order valence-corrected chi connectivity index (χ2v) is 11.4. The minimum atomic E-state index is -0.613. The number of hydrogen-bond acceptors (Lipinski definition) is 6. The van der Waals surface area contributed by atoms with Crippen LogP contribution < -0.4 is 4.90 Å². The first-order valence-electron chi connectivity index (χ1n) is 13.6. The summed E-state index contributed by atoms with van der Waals surface area (Å²) < 4.78 is 7.78. The molecule has 3 heterocycles. The lowest BCUT2D eigenvalue weighted by molar-refractivity contribution is -0.0588. The van der Waals surface area contributed by atoms with E-state index in [1.54, 1.807) is 0 Å². The number of morpholine rings is 1. The summed E-state index contributed by atoms with van der Waals surface area (Å²) in [6.45, 7) is 13.4. The number of piperazine rings is 1. The van der Waals surface area contributed by atoms with Gasteiger partial charge in [0.05, 0.1) is 18.8 Å². The summed E-state index contributed by atoms with van der Waals surface area (Å²) >= 11 is 0. The molecule has 1 N–H and O–H groups in total. The highest BCUT2D eigenvalue weighted by molar-refractivity contribution is 5.95. The van der Waals surface area contributed by atoms with Crippen LogP contribution in [0.2, 0.25) is 0 Å². The molecule has 0 radical (unpaired) electrons. The van der Waals surface area contributed by atoms with Gasteiger partial charge < -0.3 is 19.6 Å². The molecule has 8 nitrogen and oxygen atoms in total. The number of rotatable bonds is 5. The molecule has 2 aliphatic carbocycles. The number of aryl methyl sites for hydroxylation is 1. The van der Waals surface area contributed by atoms with Gasteiger partial charge in [-0.15, -0.1) is 0 Å². The molecule has 36 heavy (non-hydrogen) atoms. The Balaban J connectivity index is 1.15. The Labute approximate surface area is 213 Å². The van der Waals surface area contributed by atoms with Crippen LogP contribution in [0, 0.1) is 19.8 Å². The van der Waals surface area contributed by atoms with Gasteiger partial charge in [-0.2, -0.15) is 5.10 Å². The molecule has 1 saturated carbocycles. The molecule has 0 bridgehead atoms. The highest BCUT2D eigenvalue weighted by Gasteiger charge is 2.50. The van der Waals surface area contributed by atoms with Crippen LogP contribution in [-0.2, 0) is 17.7 Å². The molecule has 1 amide bonds. The maximum absolute atomic E-state index is 13.6. The number of amides is 1. The van der Waals surface area contributed by atoms with Crippen molar-refractivity contribution < 1.29 is 14.6 Å². The zero-order chi connectivity index (χ0) is 25.1. The number of nitrogens with zero attached hydrogens (tertiary/aromatic N) is 5. The topological polar surface area (TPSA) is 74.1 Å². The van der Waals surface area contributed by atoms with Gasteiger partial charge in [-0.3, -0.25) is 14.4 Å². The number of anilines is 1. The first kappa shape index (κ1) is 23.9. The van der Waals surface area contributed by atoms with E-state index in [1.807, 2.05) is 23.4 Å². The van der Waals surface area contributed by atoms with Gasteiger partial charge in [-0.1, -0.05) is 12.1 Å². The molecule has 2 unspecified atom stereocenters. The SMILES string of the molecule is Cc1cccc(N2CCN(C(O)Cn3nc(C(=O)N4C[C@@H](C)O[C@@H](C)C4)c4c3CC3C[C@H]43)CC2)c1C. The number of aromatic nitrogens is 2. The fourth-order valence-corrected chi connectivity index (χ4v) is 6.60. The Kier molecular flexibility index (Phi) is 6.09. The minimum absolute atomic E-state index is 0.0242. The number of fused-ring (bicyclic) bond motifs is 3. The van der Waals surface area contributed by atoms with Gasteiger partial charge in [0.1, 0.15) is 6.23 Å². The lowest BCUT2D eigenvalue weighted by atomic mass is 10.1. The molecule has 1 aromatic heterocycles. The van der Waals surface area contributed by atoms with E-state index in [4.69, 9.17) is 9.84 Å². The molecule has 8 heteroatoms. The Hall–Kier alpha value is -2.42. The lowest BCUT2D eigenvalue weighted by Crippen LogP contribution is -2.51. The number of aliphatic hydroxyl groups excluding tert-OH is 1. The van der Waals surface area contributed by atoms with E-state index < -0.39 is 6.23 Å². The zero-order valence-electron chi connectivity index (χ0n) is 22.0. The number of carbonyl (C=O) groups excluding carboxylic acids is 1. The second-order valence-electron chi connectivity index (χ2n) is 11.4. The highest BCUT2D eigenvalue weighted by Crippen LogP contribution is 2.57. The summed E-state index contributed by atoms with van der Waals surface area (Å²) in [5, 5.41) is 16.0. The van der Waals surface area contributed by atoms with Gasteiger partial charge in [-0.05, 0) is 69.6 Å². The Morgan fingerprint density at radius 1 is 1.14 bits per heavy atom. The first-order chi connectivity index (χ1) is 17.3. The van der Waals surface area contributed by atoms with Crippen LogP contribution in [0.4, 0.5) is 5.69 Å². The average molecular weight is 494 g/mol. The van der Waals surface area contributed by atoms with Gasteiger partial charge >= 0.3 is 0 Å². The standard InChI is InChI=1S/C28H39N5O3/c1-17-6-5-7-23(20(17)4)30-8-10-31(11-9-30)25(34)16-33-24-13-21-12-22(21)26(24)27(29-33)28(35)32-14-18(2)36-19(3)15-32/h5-7,18-19,21-22,25,34H,8-16H2,1-4H3/t18-,19+,21?,22-,25?/m0/s1. The number of ether oxygens (including phenoxy) is 1. The third kappa shape index (κ3) is 4.23. The molecule has 2 aromatic rings. The molecular weight excluding hydrogens is 454 g/mol. The van der Waals surface area contributed by atoms with Gasteiger partial charge in [0.25, 0.3) is 5.91 Å². The van der Waals surface area contributed by atoms with Crippen LogP contribution in [-0.4, -0.2) is 88.3 Å². The van der Waals surface area contributed by atoms with Gasteiger partial charge in [0, 0.05) is 56.2 Å². The molecule has 6 rings (SSSR count). The van der Waals surface area contributed by atoms with Crippen molar-refractivity contribution in [2.75, 3.05) is 44.2 Å². The number of hydrogen-bond donors (Lipinski definition) is 1. The van der Waals surface area contributed by atoms with E-state index in [0.29, 0.717) is 37.2 Å². The fraction of sp³-hybridized carbons (Fsp3) is 0.643. The van der Waals surface area contributed by atoms with Crippen LogP contribution in [0.5, 0.6) is 0 Å². The quantitative estimate of drug-likeness (QED) is 0.690. The van der Waals surface area contributed by atoms with Crippen LogP contribution in [0.15, 0.2) is 18.2 Å². The largest absolute Gasteiger partial charge is 0.376 e. The molecule has 194 valence electrons. The van der Waals surface area contributed by atoms with E-state index >= 15 is 0 Å². The molecule has 4 aliphatic rings. The average Bonchev–Trinajstić information content (AvgIpc) is 3.38. The summed E-state index contributed by atoms with van der Waals surface area (Å²) in [7, 11) is 0. The van der Waals surface area contributed by atoms with Crippen LogP contribution in [0.3, 0.4) is 0 Å². The molecule has 3 fully saturated rings. The fourth-order valence-electron chi connectivity index (χ4n) is 6.60. The van der Waals surface area contributed by atoms with Gasteiger partial charge in [0.2, 0.25) is 0 Å². The van der Waals surface area contributed by atoms with Crippen LogP contribution in [0.25, 0.3) is 0 Å². The number of aliphatic hydroxyl groups is 1. The predicted octanol–water partition coefficient (Wildman–Crippen LogP) is 2.55. The maximum atomic E-state index is 13.6. The zero-order valence-corrected chi connectivity index (χ0v) is 22.0. The third-order valence-corrected chi connectivity index (χ3v) is 8.75. The van der Waals surface area contributed by atoms with Gasteiger partial charge in [0.15, 0.2) is 5.69 Å².